The van der Waals surface area contributed by atoms with Gasteiger partial charge in [0.15, 0.2) is 0 Å². The molecule has 4 rings (SSSR count). The molecule has 30 heavy (non-hydrogen) atoms. The van der Waals surface area contributed by atoms with Crippen LogP contribution in [-0.4, -0.2) is 43.1 Å². The smallest absolute Gasteiger partial charge is 0.267 e. The highest BCUT2D eigenvalue weighted by molar-refractivity contribution is 5.90. The van der Waals surface area contributed by atoms with E-state index in [0.717, 1.165) is 25.2 Å². The highest BCUT2D eigenvalue weighted by atomic mass is 16.6. The van der Waals surface area contributed by atoms with Gasteiger partial charge in [0.1, 0.15) is 0 Å². The highest BCUT2D eigenvalue weighted by Gasteiger charge is 2.39. The fourth-order valence-electron chi connectivity index (χ4n) is 4.37. The lowest BCUT2D eigenvalue weighted by Crippen LogP contribution is -2.43. The van der Waals surface area contributed by atoms with Crippen LogP contribution in [0.5, 0.6) is 0 Å². The molecule has 158 valence electrons. The summed E-state index contributed by atoms with van der Waals surface area (Å²) in [5, 5.41) is 3.89. The summed E-state index contributed by atoms with van der Waals surface area (Å²) in [6.07, 6.45) is 6.98. The van der Waals surface area contributed by atoms with Gasteiger partial charge in [-0.1, -0.05) is 54.6 Å². The Morgan fingerprint density at radius 3 is 2.70 bits per heavy atom. The van der Waals surface area contributed by atoms with Gasteiger partial charge in [0.05, 0.1) is 7.11 Å². The quantitative estimate of drug-likeness (QED) is 0.522. The van der Waals surface area contributed by atoms with Gasteiger partial charge in [0.25, 0.3) is 5.91 Å². The molecule has 2 atom stereocenters. The molecule has 0 spiro atoms. The molecule has 1 amide bonds. The van der Waals surface area contributed by atoms with E-state index in [-0.39, 0.29) is 5.91 Å². The summed E-state index contributed by atoms with van der Waals surface area (Å²) < 4.78 is 0. The van der Waals surface area contributed by atoms with Gasteiger partial charge >= 0.3 is 0 Å². The third-order valence-electron chi connectivity index (χ3n) is 6.04. The fourth-order valence-corrected chi connectivity index (χ4v) is 4.37. The molecule has 1 heterocycles. The number of amides is 1. The molecule has 2 fully saturated rings. The van der Waals surface area contributed by atoms with Gasteiger partial charge in [-0.05, 0) is 55.1 Å². The van der Waals surface area contributed by atoms with Crippen molar-refractivity contribution in [2.45, 2.75) is 43.8 Å². The van der Waals surface area contributed by atoms with Gasteiger partial charge in [-0.2, -0.15) is 0 Å². The zero-order chi connectivity index (χ0) is 20.8. The van der Waals surface area contributed by atoms with E-state index >= 15 is 0 Å². The van der Waals surface area contributed by atoms with E-state index in [4.69, 9.17) is 0 Å². The molecule has 2 aromatic carbocycles. The summed E-state index contributed by atoms with van der Waals surface area (Å²) in [6, 6.07) is 20.5. The summed E-state index contributed by atoms with van der Waals surface area (Å²) in [5.74, 6) is 0.439. The van der Waals surface area contributed by atoms with Crippen LogP contribution in [0.3, 0.4) is 0 Å². The number of rotatable bonds is 8. The second-order valence-corrected chi connectivity index (χ2v) is 8.33. The molecule has 0 bridgehead atoms. The van der Waals surface area contributed by atoms with E-state index in [1.807, 2.05) is 18.2 Å². The monoisotopic (exact) mass is 405 g/mol. The standard InChI is InChI=1S/C25H31N3O2/c1-30-27-25(29)11-10-19-6-5-7-20(16-19)18-28-14-12-22(13-15-28)26-24-17-23(24)21-8-3-2-4-9-21/h2-11,16,22-24,26H,12-15,17-18H2,1H3,(H,27,29)/t23-,24+/m0/s1. The van der Waals surface area contributed by atoms with Gasteiger partial charge in [0, 0.05) is 30.6 Å². The van der Waals surface area contributed by atoms with Gasteiger partial charge in [-0.15, -0.1) is 0 Å². The molecule has 5 nitrogen and oxygen atoms in total. The molecule has 0 aromatic heterocycles. The molecule has 2 aromatic rings. The van der Waals surface area contributed by atoms with E-state index in [2.05, 4.69) is 63.0 Å². The molecule has 1 saturated heterocycles. The number of benzene rings is 2. The maximum Gasteiger partial charge on any atom is 0.267 e. The number of carbonyl (C=O) groups is 1. The third-order valence-corrected chi connectivity index (χ3v) is 6.04. The molecule has 0 unspecified atom stereocenters. The van der Waals surface area contributed by atoms with Crippen molar-refractivity contribution in [3.63, 3.8) is 0 Å². The summed E-state index contributed by atoms with van der Waals surface area (Å²) in [4.78, 5) is 18.6. The number of hydrogen-bond donors (Lipinski definition) is 2. The van der Waals surface area contributed by atoms with E-state index in [1.165, 1.54) is 43.6 Å². The Kier molecular flexibility index (Phi) is 6.95. The number of hydrogen-bond acceptors (Lipinski definition) is 4. The lowest BCUT2D eigenvalue weighted by atomic mass is 10.0. The van der Waals surface area contributed by atoms with Crippen LogP contribution in [0, 0.1) is 0 Å². The van der Waals surface area contributed by atoms with Gasteiger partial charge in [-0.25, -0.2) is 5.48 Å². The Morgan fingerprint density at radius 1 is 1.13 bits per heavy atom. The van der Waals surface area contributed by atoms with Crippen molar-refractivity contribution >= 4 is 12.0 Å². The minimum absolute atomic E-state index is 0.261. The molecule has 2 N–H and O–H groups in total. The first-order chi connectivity index (χ1) is 14.7. The van der Waals surface area contributed by atoms with Crippen LogP contribution in [0.15, 0.2) is 60.7 Å². The maximum atomic E-state index is 11.5. The number of likely N-dealkylation sites (tertiary alicyclic amines) is 1. The Morgan fingerprint density at radius 2 is 1.93 bits per heavy atom. The number of nitrogens with one attached hydrogen (secondary N) is 2. The first-order valence-corrected chi connectivity index (χ1v) is 10.8. The summed E-state index contributed by atoms with van der Waals surface area (Å²) in [6.45, 7) is 3.20. The summed E-state index contributed by atoms with van der Waals surface area (Å²) in [5.41, 5.74) is 6.07. The van der Waals surface area contributed by atoms with Crippen LogP contribution < -0.4 is 10.8 Å². The average Bonchev–Trinajstić information content (AvgIpc) is 3.54. The Bertz CT molecular complexity index is 860. The van der Waals surface area contributed by atoms with Crippen molar-refractivity contribution in [1.29, 1.82) is 0 Å². The number of nitrogens with zero attached hydrogens (tertiary/aromatic N) is 1. The topological polar surface area (TPSA) is 53.6 Å². The Hall–Kier alpha value is -2.47. The van der Waals surface area contributed by atoms with Crippen LogP contribution in [-0.2, 0) is 16.2 Å². The molecule has 2 aliphatic rings. The van der Waals surface area contributed by atoms with Crippen molar-refractivity contribution in [3.05, 3.63) is 77.4 Å². The average molecular weight is 406 g/mol. The summed E-state index contributed by atoms with van der Waals surface area (Å²) >= 11 is 0. The predicted molar refractivity (Wildman–Crippen MR) is 120 cm³/mol. The van der Waals surface area contributed by atoms with Crippen LogP contribution >= 0.6 is 0 Å². The third kappa shape index (κ3) is 5.79. The molecule has 5 heteroatoms. The fraction of sp³-hybridized carbons (Fsp3) is 0.400. The van der Waals surface area contributed by atoms with E-state index < -0.39 is 0 Å². The lowest BCUT2D eigenvalue weighted by molar-refractivity contribution is -0.126. The van der Waals surface area contributed by atoms with Gasteiger partial charge in [-0.3, -0.25) is 14.5 Å². The predicted octanol–water partition coefficient (Wildman–Crippen LogP) is 3.49. The van der Waals surface area contributed by atoms with Gasteiger partial charge in [0.2, 0.25) is 0 Å². The Balaban J connectivity index is 1.22. The van der Waals surface area contributed by atoms with Crippen LogP contribution in [0.1, 0.15) is 41.9 Å². The SMILES string of the molecule is CONC(=O)C=Cc1cccc(CN2CCC(N[C@@H]3C[C@H]3c3ccccc3)CC2)c1. The number of carbonyl (C=O) groups excluding carboxylic acids is 1. The zero-order valence-electron chi connectivity index (χ0n) is 17.6. The Labute approximate surface area is 179 Å². The highest BCUT2D eigenvalue weighted by Crippen LogP contribution is 2.41. The molecular formula is C25H31N3O2. The lowest BCUT2D eigenvalue weighted by Gasteiger charge is -2.32. The minimum Gasteiger partial charge on any atom is -0.311 e. The minimum atomic E-state index is -0.261. The van der Waals surface area contributed by atoms with Crippen molar-refractivity contribution in [3.8, 4) is 0 Å². The first-order valence-electron chi connectivity index (χ1n) is 10.8. The van der Waals surface area contributed by atoms with Crippen molar-refractivity contribution in [2.24, 2.45) is 0 Å². The summed E-state index contributed by atoms with van der Waals surface area (Å²) in [7, 11) is 1.43. The largest absolute Gasteiger partial charge is 0.311 e. The maximum absolute atomic E-state index is 11.5. The van der Waals surface area contributed by atoms with Crippen molar-refractivity contribution < 1.29 is 9.63 Å². The number of hydroxylamine groups is 1. The van der Waals surface area contributed by atoms with Crippen LogP contribution in [0.25, 0.3) is 6.08 Å². The van der Waals surface area contributed by atoms with E-state index in [1.54, 1.807) is 0 Å². The molecule has 1 saturated carbocycles. The van der Waals surface area contributed by atoms with E-state index in [0.29, 0.717) is 18.0 Å². The van der Waals surface area contributed by atoms with Crippen LogP contribution in [0.2, 0.25) is 0 Å². The second-order valence-electron chi connectivity index (χ2n) is 8.33. The second kappa shape index (κ2) is 10.0. The zero-order valence-corrected chi connectivity index (χ0v) is 17.6. The molecule has 0 radical (unpaired) electrons. The van der Waals surface area contributed by atoms with Crippen molar-refractivity contribution in [2.75, 3.05) is 20.2 Å². The van der Waals surface area contributed by atoms with Gasteiger partial charge < -0.3 is 5.32 Å². The molecule has 1 aliphatic heterocycles. The molecule has 1 aliphatic carbocycles. The van der Waals surface area contributed by atoms with Crippen LogP contribution in [0.4, 0.5) is 0 Å². The normalized spacial score (nSPS) is 22.3. The first kappa shape index (κ1) is 20.8. The molecular weight excluding hydrogens is 374 g/mol. The van der Waals surface area contributed by atoms with Crippen molar-refractivity contribution in [1.82, 2.24) is 15.7 Å². The van der Waals surface area contributed by atoms with E-state index in [9.17, 15) is 4.79 Å². The number of piperidine rings is 1.